The Morgan fingerprint density at radius 1 is 1.38 bits per heavy atom. The maximum absolute atomic E-state index is 6.40. The minimum absolute atomic E-state index is 0.546. The Morgan fingerprint density at radius 3 is 3.00 bits per heavy atom. The van der Waals surface area contributed by atoms with Gasteiger partial charge in [-0.2, -0.15) is 0 Å². The Kier molecular flexibility index (Phi) is 2.60. The topological polar surface area (TPSA) is 0 Å². The van der Waals surface area contributed by atoms with Crippen molar-refractivity contribution in [2.45, 2.75) is 44.9 Å². The van der Waals surface area contributed by atoms with E-state index in [1.807, 2.05) is 0 Å². The van der Waals surface area contributed by atoms with Gasteiger partial charge in [0.05, 0.1) is 5.02 Å². The maximum atomic E-state index is 6.40. The smallest absolute Gasteiger partial charge is 0.0582 e. The molecule has 0 nitrogen and oxygen atoms in total. The average molecular weight is 300 g/mol. The Labute approximate surface area is 111 Å². The lowest BCUT2D eigenvalue weighted by Crippen LogP contribution is -2.26. The predicted molar refractivity (Wildman–Crippen MR) is 72.2 cm³/mol. The summed E-state index contributed by atoms with van der Waals surface area (Å²) in [6.45, 7) is 2.46. The zero-order valence-electron chi connectivity index (χ0n) is 9.52. The first-order valence-electron chi connectivity index (χ1n) is 6.08. The van der Waals surface area contributed by atoms with Crippen LogP contribution in [0.3, 0.4) is 0 Å². The first-order valence-corrected chi connectivity index (χ1v) is 7.26. The number of rotatable bonds is 0. The fraction of sp³-hybridized carbons (Fsp3) is 0.571. The van der Waals surface area contributed by atoms with E-state index in [-0.39, 0.29) is 0 Å². The molecule has 0 radical (unpaired) electrons. The van der Waals surface area contributed by atoms with Gasteiger partial charge in [-0.1, -0.05) is 31.0 Å². The molecule has 2 atom stereocenters. The summed E-state index contributed by atoms with van der Waals surface area (Å²) in [4.78, 5) is 0. The van der Waals surface area contributed by atoms with Crippen LogP contribution in [0.5, 0.6) is 0 Å². The lowest BCUT2D eigenvalue weighted by atomic mass is 9.67. The third kappa shape index (κ3) is 1.48. The number of fused-ring (bicyclic) bond motifs is 3. The molecule has 3 rings (SSSR count). The van der Waals surface area contributed by atoms with Gasteiger partial charge in [-0.25, -0.2) is 0 Å². The molecule has 1 aromatic rings. The Morgan fingerprint density at radius 2 is 2.19 bits per heavy atom. The van der Waals surface area contributed by atoms with Crippen molar-refractivity contribution in [3.05, 3.63) is 32.8 Å². The van der Waals surface area contributed by atoms with Crippen LogP contribution in [0, 0.1) is 5.41 Å². The molecule has 0 aromatic heterocycles. The summed E-state index contributed by atoms with van der Waals surface area (Å²) >= 11 is 9.93. The highest BCUT2D eigenvalue weighted by atomic mass is 79.9. The summed E-state index contributed by atoms with van der Waals surface area (Å²) in [6, 6.07) is 4.41. The van der Waals surface area contributed by atoms with Crippen molar-refractivity contribution in [1.82, 2.24) is 0 Å². The van der Waals surface area contributed by atoms with Crippen LogP contribution >= 0.6 is 27.5 Å². The van der Waals surface area contributed by atoms with Gasteiger partial charge in [-0.05, 0) is 70.1 Å². The summed E-state index contributed by atoms with van der Waals surface area (Å²) < 4.78 is 1.05. The van der Waals surface area contributed by atoms with Gasteiger partial charge in [-0.15, -0.1) is 0 Å². The molecule has 1 aromatic carbocycles. The zero-order valence-corrected chi connectivity index (χ0v) is 11.9. The largest absolute Gasteiger partial charge is 0.0828 e. The Bertz CT molecular complexity index is 441. The second-order valence-corrected chi connectivity index (χ2v) is 6.76. The molecular formula is C14H16BrCl. The van der Waals surface area contributed by atoms with Gasteiger partial charge >= 0.3 is 0 Å². The highest BCUT2D eigenvalue weighted by molar-refractivity contribution is 9.10. The molecule has 0 N–H and O–H groups in total. The minimum Gasteiger partial charge on any atom is -0.0828 e. The van der Waals surface area contributed by atoms with E-state index in [1.54, 1.807) is 0 Å². The fourth-order valence-corrected chi connectivity index (χ4v) is 4.30. The van der Waals surface area contributed by atoms with Crippen LogP contribution in [0.2, 0.25) is 5.02 Å². The maximum Gasteiger partial charge on any atom is 0.0582 e. The van der Waals surface area contributed by atoms with Crippen molar-refractivity contribution in [2.24, 2.45) is 5.41 Å². The molecule has 1 fully saturated rings. The second kappa shape index (κ2) is 3.74. The fourth-order valence-electron chi connectivity index (χ4n) is 3.66. The van der Waals surface area contributed by atoms with Gasteiger partial charge in [0, 0.05) is 4.47 Å². The molecule has 0 heterocycles. The van der Waals surface area contributed by atoms with Gasteiger partial charge in [-0.3, -0.25) is 0 Å². The van der Waals surface area contributed by atoms with Crippen LogP contribution in [0.25, 0.3) is 0 Å². The van der Waals surface area contributed by atoms with Crippen LogP contribution in [-0.4, -0.2) is 0 Å². The van der Waals surface area contributed by atoms with Crippen LogP contribution in [-0.2, 0) is 6.42 Å². The highest BCUT2D eigenvalue weighted by Gasteiger charge is 2.43. The van der Waals surface area contributed by atoms with Gasteiger partial charge in [0.1, 0.15) is 0 Å². The number of halogens is 2. The number of benzene rings is 1. The molecule has 0 unspecified atom stereocenters. The van der Waals surface area contributed by atoms with E-state index in [9.17, 15) is 0 Å². The third-order valence-corrected chi connectivity index (χ3v) is 5.96. The first-order chi connectivity index (χ1) is 7.62. The summed E-state index contributed by atoms with van der Waals surface area (Å²) in [6.07, 6.45) is 6.59. The lowest BCUT2D eigenvalue weighted by Gasteiger charge is -2.38. The van der Waals surface area contributed by atoms with Crippen molar-refractivity contribution in [3.63, 3.8) is 0 Å². The standard InChI is InChI=1S/C14H16BrCl/c1-14-7-2-3-11(14)9-4-5-12(15)13(16)10(9)6-8-14/h4-5,11H,2-3,6-8H2,1H3/t11-,14-/m1/s1. The van der Waals surface area contributed by atoms with Gasteiger partial charge in [0.25, 0.3) is 0 Å². The van der Waals surface area contributed by atoms with Crippen molar-refractivity contribution in [1.29, 1.82) is 0 Å². The molecule has 0 aliphatic heterocycles. The van der Waals surface area contributed by atoms with Crippen molar-refractivity contribution in [3.8, 4) is 0 Å². The van der Waals surface area contributed by atoms with Crippen LogP contribution < -0.4 is 0 Å². The predicted octanol–water partition coefficient (Wildman–Crippen LogP) is 5.32. The SMILES string of the molecule is C[C@]12CCC[C@@H]1c1ccc(Br)c(Cl)c1CC2. The molecule has 0 amide bonds. The molecule has 0 spiro atoms. The lowest BCUT2D eigenvalue weighted by molar-refractivity contribution is 0.252. The van der Waals surface area contributed by atoms with E-state index in [2.05, 4.69) is 35.0 Å². The molecule has 16 heavy (non-hydrogen) atoms. The monoisotopic (exact) mass is 298 g/mol. The van der Waals surface area contributed by atoms with Crippen molar-refractivity contribution >= 4 is 27.5 Å². The van der Waals surface area contributed by atoms with Crippen LogP contribution in [0.15, 0.2) is 16.6 Å². The van der Waals surface area contributed by atoms with E-state index in [0.717, 1.165) is 21.8 Å². The van der Waals surface area contributed by atoms with E-state index < -0.39 is 0 Å². The normalized spacial score (nSPS) is 32.3. The molecule has 0 bridgehead atoms. The molecule has 1 saturated carbocycles. The van der Waals surface area contributed by atoms with Gasteiger partial charge in [0.15, 0.2) is 0 Å². The Hall–Kier alpha value is -0.0100. The second-order valence-electron chi connectivity index (χ2n) is 5.53. The molecule has 86 valence electrons. The van der Waals surface area contributed by atoms with E-state index in [0.29, 0.717) is 5.41 Å². The van der Waals surface area contributed by atoms with Crippen LogP contribution in [0.4, 0.5) is 0 Å². The molecule has 2 heteroatoms. The van der Waals surface area contributed by atoms with E-state index >= 15 is 0 Å². The first kappa shape index (κ1) is 11.1. The molecule has 2 aliphatic rings. The molecular weight excluding hydrogens is 284 g/mol. The van der Waals surface area contributed by atoms with E-state index in [4.69, 9.17) is 11.6 Å². The van der Waals surface area contributed by atoms with Gasteiger partial charge < -0.3 is 0 Å². The number of hydrogen-bond acceptors (Lipinski definition) is 0. The van der Waals surface area contributed by atoms with Crippen molar-refractivity contribution < 1.29 is 0 Å². The molecule has 0 saturated heterocycles. The van der Waals surface area contributed by atoms with Crippen molar-refractivity contribution in [2.75, 3.05) is 0 Å². The van der Waals surface area contributed by atoms with E-state index in [1.165, 1.54) is 36.8 Å². The summed E-state index contributed by atoms with van der Waals surface area (Å²) in [7, 11) is 0. The Balaban J connectivity index is 2.14. The highest BCUT2D eigenvalue weighted by Crippen LogP contribution is 2.56. The van der Waals surface area contributed by atoms with Crippen LogP contribution in [0.1, 0.15) is 49.7 Å². The summed E-state index contributed by atoms with van der Waals surface area (Å²) in [5.74, 6) is 0.752. The third-order valence-electron chi connectivity index (χ3n) is 4.64. The number of hydrogen-bond donors (Lipinski definition) is 0. The van der Waals surface area contributed by atoms with Gasteiger partial charge in [0.2, 0.25) is 0 Å². The molecule has 2 aliphatic carbocycles. The summed E-state index contributed by atoms with van der Waals surface area (Å²) in [5, 5.41) is 0.950. The quantitative estimate of drug-likeness (QED) is 0.608. The summed E-state index contributed by atoms with van der Waals surface area (Å²) in [5.41, 5.74) is 3.48. The zero-order chi connectivity index (χ0) is 11.3. The minimum atomic E-state index is 0.546. The average Bonchev–Trinajstić information content (AvgIpc) is 2.65.